The zero-order valence-corrected chi connectivity index (χ0v) is 19.0. The van der Waals surface area contributed by atoms with Crippen LogP contribution < -0.4 is 10.1 Å². The number of hydrogen-bond donors (Lipinski definition) is 1. The molecule has 1 unspecified atom stereocenters. The Balaban J connectivity index is 1.30. The molecule has 0 radical (unpaired) electrons. The number of ether oxygens (including phenoxy) is 1. The molecule has 1 saturated heterocycles. The summed E-state index contributed by atoms with van der Waals surface area (Å²) in [5, 5.41) is 3.84. The van der Waals surface area contributed by atoms with E-state index in [2.05, 4.69) is 15.2 Å². The van der Waals surface area contributed by atoms with Gasteiger partial charge in [-0.3, -0.25) is 14.7 Å². The van der Waals surface area contributed by atoms with Crippen molar-refractivity contribution in [3.63, 3.8) is 0 Å². The first-order chi connectivity index (χ1) is 16.1. The predicted octanol–water partition coefficient (Wildman–Crippen LogP) is 4.87. The number of pyridine rings is 1. The van der Waals surface area contributed by atoms with Gasteiger partial charge in [0, 0.05) is 23.7 Å². The number of rotatable bonds is 8. The minimum absolute atomic E-state index is 0.0304. The van der Waals surface area contributed by atoms with Gasteiger partial charge in [0.15, 0.2) is 11.6 Å². The molecule has 1 aromatic heterocycles. The molecule has 0 saturated carbocycles. The van der Waals surface area contributed by atoms with Crippen LogP contribution in [0.4, 0.5) is 4.39 Å². The quantitative estimate of drug-likeness (QED) is 0.513. The monoisotopic (exact) mass is 467 g/mol. The molecule has 33 heavy (non-hydrogen) atoms. The third-order valence-corrected chi connectivity index (χ3v) is 6.19. The molecule has 1 fully saturated rings. The molecule has 1 aliphatic heterocycles. The van der Waals surface area contributed by atoms with Crippen LogP contribution in [0.2, 0.25) is 5.02 Å². The summed E-state index contributed by atoms with van der Waals surface area (Å²) in [6.07, 6.45) is 3.26. The highest BCUT2D eigenvalue weighted by Gasteiger charge is 2.27. The molecule has 1 amide bonds. The Bertz CT molecular complexity index is 1040. The van der Waals surface area contributed by atoms with Crippen molar-refractivity contribution in [1.82, 2.24) is 15.2 Å². The van der Waals surface area contributed by atoms with Crippen LogP contribution in [-0.4, -0.2) is 42.0 Å². The zero-order valence-electron chi connectivity index (χ0n) is 18.3. The molecule has 0 bridgehead atoms. The molecular weight excluding hydrogens is 441 g/mol. The van der Waals surface area contributed by atoms with Crippen LogP contribution in [0.3, 0.4) is 0 Å². The highest BCUT2D eigenvalue weighted by atomic mass is 35.5. The Morgan fingerprint density at radius 1 is 1.09 bits per heavy atom. The van der Waals surface area contributed by atoms with Gasteiger partial charge in [0.2, 0.25) is 5.91 Å². The van der Waals surface area contributed by atoms with E-state index in [1.807, 2.05) is 42.5 Å². The van der Waals surface area contributed by atoms with Gasteiger partial charge in [0.25, 0.3) is 0 Å². The molecule has 7 heteroatoms. The van der Waals surface area contributed by atoms with E-state index in [1.54, 1.807) is 24.4 Å². The number of carbonyl (C=O) groups excluding carboxylic acids is 1. The lowest BCUT2D eigenvalue weighted by Crippen LogP contribution is -2.43. The normalized spacial score (nSPS) is 15.7. The summed E-state index contributed by atoms with van der Waals surface area (Å²) >= 11 is 6.05. The maximum absolute atomic E-state index is 13.7. The minimum atomic E-state index is -0.351. The standard InChI is InChI=1S/C26H27ClFN3O2/c27-21-10-8-19(9-11-21)25(23-6-3-4-14-29-23)30-26(32)20-12-15-31(16-13-20)17-18-33-24-7-2-1-5-22(24)28/h1-11,14,20,25H,12-13,15-18H2,(H,30,32). The Hall–Kier alpha value is -2.96. The summed E-state index contributed by atoms with van der Waals surface area (Å²) in [4.78, 5) is 19.8. The number of amides is 1. The minimum Gasteiger partial charge on any atom is -0.489 e. The number of aromatic nitrogens is 1. The Morgan fingerprint density at radius 2 is 1.82 bits per heavy atom. The van der Waals surface area contributed by atoms with E-state index in [-0.39, 0.29) is 29.4 Å². The molecule has 0 spiro atoms. The van der Waals surface area contributed by atoms with E-state index < -0.39 is 0 Å². The van der Waals surface area contributed by atoms with Crippen LogP contribution >= 0.6 is 11.6 Å². The molecule has 1 N–H and O–H groups in total. The van der Waals surface area contributed by atoms with Gasteiger partial charge in [-0.25, -0.2) is 4.39 Å². The Labute approximate surface area is 198 Å². The van der Waals surface area contributed by atoms with E-state index in [1.165, 1.54) is 6.07 Å². The van der Waals surface area contributed by atoms with Gasteiger partial charge >= 0.3 is 0 Å². The van der Waals surface area contributed by atoms with Crippen molar-refractivity contribution in [1.29, 1.82) is 0 Å². The summed E-state index contributed by atoms with van der Waals surface area (Å²) in [5.41, 5.74) is 1.73. The fourth-order valence-corrected chi connectivity index (χ4v) is 4.18. The molecule has 1 aliphatic rings. The van der Waals surface area contributed by atoms with Crippen LogP contribution in [0.1, 0.15) is 30.1 Å². The molecule has 172 valence electrons. The molecule has 1 atom stereocenters. The summed E-state index contributed by atoms with van der Waals surface area (Å²) in [6, 6.07) is 19.2. The Kier molecular flexibility index (Phi) is 7.92. The van der Waals surface area contributed by atoms with Crippen molar-refractivity contribution in [2.75, 3.05) is 26.2 Å². The number of carbonyl (C=O) groups is 1. The topological polar surface area (TPSA) is 54.5 Å². The first-order valence-corrected chi connectivity index (χ1v) is 11.5. The highest BCUT2D eigenvalue weighted by Crippen LogP contribution is 2.25. The number of hydrogen-bond acceptors (Lipinski definition) is 4. The molecule has 2 aromatic carbocycles. The number of nitrogens with zero attached hydrogens (tertiary/aromatic N) is 2. The van der Waals surface area contributed by atoms with Crippen LogP contribution in [0.15, 0.2) is 72.9 Å². The third-order valence-electron chi connectivity index (χ3n) is 5.93. The second kappa shape index (κ2) is 11.3. The maximum atomic E-state index is 13.7. The van der Waals surface area contributed by atoms with Crippen LogP contribution in [0.25, 0.3) is 0 Å². The fourth-order valence-electron chi connectivity index (χ4n) is 4.06. The van der Waals surface area contributed by atoms with Gasteiger partial charge < -0.3 is 10.1 Å². The lowest BCUT2D eigenvalue weighted by Gasteiger charge is -2.32. The van der Waals surface area contributed by atoms with Crippen LogP contribution in [0.5, 0.6) is 5.75 Å². The number of likely N-dealkylation sites (tertiary alicyclic amines) is 1. The first kappa shape index (κ1) is 23.2. The summed E-state index contributed by atoms with van der Waals surface area (Å²) in [6.45, 7) is 2.71. The van der Waals surface area contributed by atoms with Gasteiger partial charge in [-0.1, -0.05) is 41.9 Å². The molecule has 5 nitrogen and oxygen atoms in total. The van der Waals surface area contributed by atoms with Crippen LogP contribution in [-0.2, 0) is 4.79 Å². The molecule has 0 aliphatic carbocycles. The van der Waals surface area contributed by atoms with Crippen molar-refractivity contribution in [2.45, 2.75) is 18.9 Å². The largest absolute Gasteiger partial charge is 0.489 e. The SMILES string of the molecule is O=C(NC(c1ccc(Cl)cc1)c1ccccn1)C1CCN(CCOc2ccccc2F)CC1. The molecule has 2 heterocycles. The van der Waals surface area contributed by atoms with Gasteiger partial charge in [-0.2, -0.15) is 0 Å². The fraction of sp³-hybridized carbons (Fsp3) is 0.308. The van der Waals surface area contributed by atoms with Crippen LogP contribution in [0, 0.1) is 11.7 Å². The maximum Gasteiger partial charge on any atom is 0.224 e. The average Bonchev–Trinajstić information content (AvgIpc) is 2.85. The van der Waals surface area contributed by atoms with E-state index in [9.17, 15) is 9.18 Å². The number of nitrogens with one attached hydrogen (secondary N) is 1. The van der Waals surface area contributed by atoms with Crippen molar-refractivity contribution in [3.05, 3.63) is 95.0 Å². The highest BCUT2D eigenvalue weighted by molar-refractivity contribution is 6.30. The van der Waals surface area contributed by atoms with E-state index in [0.29, 0.717) is 18.2 Å². The zero-order chi connectivity index (χ0) is 23.0. The Morgan fingerprint density at radius 3 is 2.52 bits per heavy atom. The van der Waals surface area contributed by atoms with Gasteiger partial charge in [-0.15, -0.1) is 0 Å². The number of halogens is 2. The lowest BCUT2D eigenvalue weighted by molar-refractivity contribution is -0.127. The van der Waals surface area contributed by atoms with Gasteiger partial charge in [0.05, 0.1) is 11.7 Å². The number of para-hydroxylation sites is 1. The van der Waals surface area contributed by atoms with Crippen molar-refractivity contribution in [2.24, 2.45) is 5.92 Å². The molecule has 3 aromatic rings. The third kappa shape index (κ3) is 6.30. The van der Waals surface area contributed by atoms with Crippen molar-refractivity contribution < 1.29 is 13.9 Å². The average molecular weight is 468 g/mol. The van der Waals surface area contributed by atoms with Crippen molar-refractivity contribution in [3.8, 4) is 5.75 Å². The summed E-state index contributed by atoms with van der Waals surface area (Å²) < 4.78 is 19.2. The predicted molar refractivity (Wildman–Crippen MR) is 127 cm³/mol. The van der Waals surface area contributed by atoms with Gasteiger partial charge in [0.1, 0.15) is 6.61 Å². The van der Waals surface area contributed by atoms with E-state index in [4.69, 9.17) is 16.3 Å². The molecular formula is C26H27ClFN3O2. The lowest BCUT2D eigenvalue weighted by atomic mass is 9.94. The second-order valence-electron chi connectivity index (χ2n) is 8.14. The summed E-state index contributed by atoms with van der Waals surface area (Å²) in [5.74, 6) is -0.110. The molecule has 4 rings (SSSR count). The van der Waals surface area contributed by atoms with Crippen molar-refractivity contribution >= 4 is 17.5 Å². The second-order valence-corrected chi connectivity index (χ2v) is 8.58. The van der Waals surface area contributed by atoms with Gasteiger partial charge in [-0.05, 0) is 67.9 Å². The number of benzene rings is 2. The van der Waals surface area contributed by atoms with E-state index >= 15 is 0 Å². The number of piperidine rings is 1. The first-order valence-electron chi connectivity index (χ1n) is 11.2. The smallest absolute Gasteiger partial charge is 0.224 e. The van der Waals surface area contributed by atoms with E-state index in [0.717, 1.165) is 37.2 Å². The summed E-state index contributed by atoms with van der Waals surface area (Å²) in [7, 11) is 0.